The predicted octanol–water partition coefficient (Wildman–Crippen LogP) is 2.47. The molecule has 1 aromatic carbocycles. The minimum Gasteiger partial charge on any atom is -0.368 e. The van der Waals surface area contributed by atoms with Gasteiger partial charge in [-0.3, -0.25) is 9.78 Å². The maximum absolute atomic E-state index is 12.2. The Morgan fingerprint density at radius 2 is 1.91 bits per heavy atom. The zero-order valence-electron chi connectivity index (χ0n) is 17.8. The van der Waals surface area contributed by atoms with Crippen molar-refractivity contribution >= 4 is 23.5 Å². The van der Waals surface area contributed by atoms with E-state index in [9.17, 15) is 4.79 Å². The van der Waals surface area contributed by atoms with E-state index in [1.807, 2.05) is 37.4 Å². The van der Waals surface area contributed by atoms with Crippen LogP contribution in [0.4, 0.5) is 17.6 Å². The average molecular weight is 443 g/mol. The number of carbonyl (C=O) groups is 1. The van der Waals surface area contributed by atoms with Gasteiger partial charge in [-0.25, -0.2) is 0 Å². The number of amides is 1. The van der Waals surface area contributed by atoms with Gasteiger partial charge in [0.05, 0.1) is 5.56 Å². The van der Waals surface area contributed by atoms with Crippen LogP contribution in [0.25, 0.3) is 23.1 Å². The molecule has 3 heterocycles. The number of nitrogens with zero attached hydrogens (tertiary/aromatic N) is 7. The maximum atomic E-state index is 12.2. The lowest BCUT2D eigenvalue weighted by atomic mass is 10.2. The highest BCUT2D eigenvalue weighted by Crippen LogP contribution is 2.28. The fourth-order valence-corrected chi connectivity index (χ4v) is 3.13. The highest BCUT2D eigenvalue weighted by Gasteiger charge is 2.22. The third-order valence-electron chi connectivity index (χ3n) is 5.20. The molecule has 0 atom stereocenters. The molecule has 0 spiro atoms. The van der Waals surface area contributed by atoms with E-state index in [4.69, 9.17) is 10.3 Å². The fourth-order valence-electron chi connectivity index (χ4n) is 3.13. The summed E-state index contributed by atoms with van der Waals surface area (Å²) in [5.74, 6) is 1.34. The lowest BCUT2D eigenvalue weighted by Gasteiger charge is -2.17. The molecule has 1 amide bonds. The summed E-state index contributed by atoms with van der Waals surface area (Å²) in [6, 6.07) is 12.9. The second-order valence-electron chi connectivity index (χ2n) is 7.72. The van der Waals surface area contributed by atoms with Gasteiger partial charge >= 0.3 is 0 Å². The van der Waals surface area contributed by atoms with E-state index in [0.29, 0.717) is 29.7 Å². The molecule has 1 aliphatic carbocycles. The first-order valence-corrected chi connectivity index (χ1v) is 10.5. The van der Waals surface area contributed by atoms with Gasteiger partial charge in [0.2, 0.25) is 23.5 Å². The second kappa shape index (κ2) is 8.61. The number of pyridine rings is 1. The molecule has 5 rings (SSSR count). The molecule has 3 aromatic heterocycles. The van der Waals surface area contributed by atoms with Gasteiger partial charge in [-0.05, 0) is 43.0 Å². The highest BCUT2D eigenvalue weighted by atomic mass is 16.5. The maximum Gasteiger partial charge on any atom is 0.269 e. The number of nitrogens with one attached hydrogen (secondary N) is 1. The van der Waals surface area contributed by atoms with Crippen molar-refractivity contribution in [3.05, 3.63) is 54.4 Å². The van der Waals surface area contributed by atoms with Crippen LogP contribution in [0.15, 0.2) is 53.2 Å². The third-order valence-corrected chi connectivity index (χ3v) is 5.20. The zero-order chi connectivity index (χ0) is 22.8. The summed E-state index contributed by atoms with van der Waals surface area (Å²) < 4.78 is 5.36. The Bertz CT molecular complexity index is 1270. The van der Waals surface area contributed by atoms with E-state index in [-0.39, 0.29) is 29.4 Å². The smallest absolute Gasteiger partial charge is 0.269 e. The molecular weight excluding hydrogens is 422 g/mol. The molecule has 1 saturated carbocycles. The molecule has 0 saturated heterocycles. The van der Waals surface area contributed by atoms with E-state index >= 15 is 0 Å². The summed E-state index contributed by atoms with van der Waals surface area (Å²) in [7, 11) is 1.82. The highest BCUT2D eigenvalue weighted by molar-refractivity contribution is 5.92. The van der Waals surface area contributed by atoms with Crippen molar-refractivity contribution in [2.45, 2.75) is 12.8 Å². The number of hydrogen-bond donors (Lipinski definition) is 2. The number of rotatable bonds is 7. The molecule has 0 aliphatic heterocycles. The summed E-state index contributed by atoms with van der Waals surface area (Å²) in [5.41, 5.74) is 7.68. The molecule has 166 valence electrons. The summed E-state index contributed by atoms with van der Waals surface area (Å²) in [6.07, 6.45) is 3.85. The van der Waals surface area contributed by atoms with Crippen LogP contribution in [-0.2, 0) is 0 Å². The normalized spacial score (nSPS) is 13.0. The van der Waals surface area contributed by atoms with Crippen LogP contribution in [0.2, 0.25) is 0 Å². The summed E-state index contributed by atoms with van der Waals surface area (Å²) in [5, 5.41) is 6.86. The molecule has 1 aliphatic rings. The molecule has 1 fully saturated rings. The van der Waals surface area contributed by atoms with Crippen LogP contribution >= 0.6 is 0 Å². The molecule has 11 nitrogen and oxygen atoms in total. The first-order valence-electron chi connectivity index (χ1n) is 10.5. The number of hydrogen-bond acceptors (Lipinski definition) is 10. The Balaban J connectivity index is 1.35. The van der Waals surface area contributed by atoms with Crippen LogP contribution in [0, 0.1) is 5.92 Å². The van der Waals surface area contributed by atoms with Crippen LogP contribution < -0.4 is 16.0 Å². The number of anilines is 3. The van der Waals surface area contributed by atoms with Crippen molar-refractivity contribution in [2.75, 3.05) is 24.2 Å². The molecular formula is C22H21N9O2. The monoisotopic (exact) mass is 443 g/mol. The Kier molecular flexibility index (Phi) is 5.35. The minimum atomic E-state index is -0.199. The third kappa shape index (κ3) is 4.61. The SMILES string of the molecule is CN(c1ccccc1)c1nc(N)nc(-c2noc(-c3ccc(C(=O)NCC4CC4)nc3)n2)n1. The lowest BCUT2D eigenvalue weighted by molar-refractivity contribution is 0.0947. The number of para-hydroxylation sites is 1. The van der Waals surface area contributed by atoms with Crippen molar-refractivity contribution in [1.29, 1.82) is 0 Å². The standard InChI is InChI=1S/C22H21N9O2/c1-31(15-5-3-2-4-6-15)22-28-17(27-21(23)29-22)18-26-20(33-30-18)14-9-10-16(24-12-14)19(32)25-11-13-7-8-13/h2-6,9-10,12-13H,7-8,11H2,1H3,(H,25,32)(H2,23,27,28,29). The molecule has 0 radical (unpaired) electrons. The predicted molar refractivity (Wildman–Crippen MR) is 120 cm³/mol. The van der Waals surface area contributed by atoms with Gasteiger partial charge in [-0.1, -0.05) is 23.4 Å². The second-order valence-corrected chi connectivity index (χ2v) is 7.72. The average Bonchev–Trinajstić information content (AvgIpc) is 3.55. The quantitative estimate of drug-likeness (QED) is 0.436. The molecule has 3 N–H and O–H groups in total. The van der Waals surface area contributed by atoms with Gasteiger partial charge in [0.25, 0.3) is 11.8 Å². The van der Waals surface area contributed by atoms with Gasteiger partial charge in [0.15, 0.2) is 0 Å². The molecule has 11 heteroatoms. The summed E-state index contributed by atoms with van der Waals surface area (Å²) in [6.45, 7) is 0.686. The summed E-state index contributed by atoms with van der Waals surface area (Å²) >= 11 is 0. The first-order chi connectivity index (χ1) is 16.1. The van der Waals surface area contributed by atoms with Gasteiger partial charge in [-0.2, -0.15) is 19.9 Å². The van der Waals surface area contributed by atoms with Crippen molar-refractivity contribution in [3.8, 4) is 23.1 Å². The summed E-state index contributed by atoms with van der Waals surface area (Å²) in [4.78, 5) is 35.3. The van der Waals surface area contributed by atoms with Crippen LogP contribution in [0.5, 0.6) is 0 Å². The van der Waals surface area contributed by atoms with E-state index in [2.05, 4.69) is 35.4 Å². The van der Waals surface area contributed by atoms with E-state index in [1.165, 1.54) is 19.0 Å². The number of carbonyl (C=O) groups excluding carboxylic acids is 1. The first kappa shape index (κ1) is 20.5. The number of aromatic nitrogens is 6. The van der Waals surface area contributed by atoms with E-state index in [0.717, 1.165) is 5.69 Å². The minimum absolute atomic E-state index is 0.0346. The molecule has 0 bridgehead atoms. The van der Waals surface area contributed by atoms with E-state index in [1.54, 1.807) is 17.0 Å². The molecule has 33 heavy (non-hydrogen) atoms. The topological polar surface area (TPSA) is 149 Å². The van der Waals surface area contributed by atoms with Gasteiger partial charge in [-0.15, -0.1) is 0 Å². The lowest BCUT2D eigenvalue weighted by Crippen LogP contribution is -2.26. The largest absolute Gasteiger partial charge is 0.368 e. The molecule has 0 unspecified atom stereocenters. The van der Waals surface area contributed by atoms with Gasteiger partial charge in [0.1, 0.15) is 5.69 Å². The fraction of sp³-hybridized carbons (Fsp3) is 0.227. The number of nitrogens with two attached hydrogens (primary N) is 1. The van der Waals surface area contributed by atoms with E-state index < -0.39 is 0 Å². The van der Waals surface area contributed by atoms with Crippen LogP contribution in [-0.4, -0.2) is 49.6 Å². The Morgan fingerprint density at radius 1 is 1.09 bits per heavy atom. The van der Waals surface area contributed by atoms with Crippen molar-refractivity contribution < 1.29 is 9.32 Å². The van der Waals surface area contributed by atoms with Crippen LogP contribution in [0.3, 0.4) is 0 Å². The Morgan fingerprint density at radius 3 is 2.64 bits per heavy atom. The number of benzene rings is 1. The Labute approximate surface area is 189 Å². The van der Waals surface area contributed by atoms with Crippen molar-refractivity contribution in [3.63, 3.8) is 0 Å². The van der Waals surface area contributed by atoms with Gasteiger partial charge < -0.3 is 20.5 Å². The number of nitrogen functional groups attached to an aromatic ring is 1. The van der Waals surface area contributed by atoms with Gasteiger partial charge in [0, 0.05) is 25.5 Å². The zero-order valence-corrected chi connectivity index (χ0v) is 17.8. The molecule has 4 aromatic rings. The van der Waals surface area contributed by atoms with Crippen molar-refractivity contribution in [2.24, 2.45) is 5.92 Å². The van der Waals surface area contributed by atoms with Crippen LogP contribution in [0.1, 0.15) is 23.3 Å². The Hall–Kier alpha value is -4.41. The van der Waals surface area contributed by atoms with Crippen molar-refractivity contribution in [1.82, 2.24) is 35.4 Å².